The van der Waals surface area contributed by atoms with Crippen LogP contribution in [0.25, 0.3) is 0 Å². The number of ether oxygens (including phenoxy) is 2. The molecule has 1 heterocycles. The average Bonchev–Trinajstić information content (AvgIpc) is 3.22. The number of aryl methyl sites for hydroxylation is 2. The van der Waals surface area contributed by atoms with Gasteiger partial charge in [-0.15, -0.1) is 0 Å². The standard InChI is InChI=1S/C26H37NO3/c1-19(2)23-10-8-22(9-11-23)15-27(17-26-6-5-13-29-26)16-24(28)18-30-25-12-7-20(3)21(4)14-25/h7-12,14,19,24,26,28H,5-6,13,15-18H2,1-4H3. The van der Waals surface area contributed by atoms with E-state index < -0.39 is 6.10 Å². The Balaban J connectivity index is 1.58. The molecule has 30 heavy (non-hydrogen) atoms. The molecule has 0 aliphatic carbocycles. The van der Waals surface area contributed by atoms with Gasteiger partial charge in [0.1, 0.15) is 18.5 Å². The van der Waals surface area contributed by atoms with Crippen molar-refractivity contribution >= 4 is 0 Å². The zero-order chi connectivity index (χ0) is 21.5. The maximum atomic E-state index is 10.7. The molecule has 1 aliphatic heterocycles. The largest absolute Gasteiger partial charge is 0.491 e. The minimum atomic E-state index is -0.553. The van der Waals surface area contributed by atoms with Gasteiger partial charge in [-0.05, 0) is 67.0 Å². The number of nitrogens with zero attached hydrogens (tertiary/aromatic N) is 1. The molecule has 1 aliphatic rings. The van der Waals surface area contributed by atoms with Gasteiger partial charge >= 0.3 is 0 Å². The monoisotopic (exact) mass is 411 g/mol. The second-order valence-corrected chi connectivity index (χ2v) is 8.94. The summed E-state index contributed by atoms with van der Waals surface area (Å²) in [6.07, 6.45) is 1.92. The lowest BCUT2D eigenvalue weighted by molar-refractivity contribution is 0.0313. The van der Waals surface area contributed by atoms with Gasteiger partial charge in [-0.2, -0.15) is 0 Å². The normalized spacial score (nSPS) is 17.6. The predicted octanol–water partition coefficient (Wildman–Crippen LogP) is 4.85. The Labute approximate surface area is 181 Å². The summed E-state index contributed by atoms with van der Waals surface area (Å²) < 4.78 is 11.7. The van der Waals surface area contributed by atoms with E-state index in [1.165, 1.54) is 22.3 Å². The van der Waals surface area contributed by atoms with Crippen molar-refractivity contribution < 1.29 is 14.6 Å². The molecule has 0 saturated carbocycles. The first-order valence-corrected chi connectivity index (χ1v) is 11.2. The summed E-state index contributed by atoms with van der Waals surface area (Å²) >= 11 is 0. The summed E-state index contributed by atoms with van der Waals surface area (Å²) in [5.74, 6) is 1.35. The van der Waals surface area contributed by atoms with Gasteiger partial charge in [0.2, 0.25) is 0 Å². The molecule has 1 fully saturated rings. The fourth-order valence-electron chi connectivity index (χ4n) is 3.89. The van der Waals surface area contributed by atoms with E-state index in [0.717, 1.165) is 38.3 Å². The van der Waals surface area contributed by atoms with E-state index in [2.05, 4.69) is 62.9 Å². The van der Waals surface area contributed by atoms with E-state index in [4.69, 9.17) is 9.47 Å². The molecule has 164 valence electrons. The Morgan fingerprint density at radius 3 is 2.50 bits per heavy atom. The van der Waals surface area contributed by atoms with E-state index in [0.29, 0.717) is 12.5 Å². The van der Waals surface area contributed by atoms with E-state index >= 15 is 0 Å². The molecule has 2 unspecified atom stereocenters. The zero-order valence-corrected chi connectivity index (χ0v) is 18.9. The van der Waals surface area contributed by atoms with Gasteiger partial charge in [-0.3, -0.25) is 4.90 Å². The van der Waals surface area contributed by atoms with Crippen LogP contribution in [0.5, 0.6) is 5.75 Å². The van der Waals surface area contributed by atoms with Gasteiger partial charge in [-0.1, -0.05) is 44.2 Å². The Hall–Kier alpha value is -1.88. The van der Waals surface area contributed by atoms with E-state index in [1.807, 2.05) is 12.1 Å². The average molecular weight is 412 g/mol. The third-order valence-corrected chi connectivity index (χ3v) is 5.93. The second-order valence-electron chi connectivity index (χ2n) is 8.94. The third kappa shape index (κ3) is 6.83. The summed E-state index contributed by atoms with van der Waals surface area (Å²) in [4.78, 5) is 2.30. The lowest BCUT2D eigenvalue weighted by Crippen LogP contribution is -2.39. The van der Waals surface area contributed by atoms with Gasteiger partial charge in [0.25, 0.3) is 0 Å². The second kappa shape index (κ2) is 10.9. The van der Waals surface area contributed by atoms with Crippen molar-refractivity contribution in [2.24, 2.45) is 0 Å². The minimum absolute atomic E-state index is 0.257. The molecular formula is C26H37NO3. The molecule has 0 radical (unpaired) electrons. The van der Waals surface area contributed by atoms with Crippen molar-refractivity contribution in [2.45, 2.75) is 65.2 Å². The maximum Gasteiger partial charge on any atom is 0.119 e. The molecule has 4 nitrogen and oxygen atoms in total. The van der Waals surface area contributed by atoms with Crippen molar-refractivity contribution in [3.05, 3.63) is 64.7 Å². The van der Waals surface area contributed by atoms with Crippen LogP contribution in [0.3, 0.4) is 0 Å². The number of benzene rings is 2. The number of rotatable bonds is 10. The molecular weight excluding hydrogens is 374 g/mol. The van der Waals surface area contributed by atoms with Gasteiger partial charge in [0.05, 0.1) is 6.10 Å². The van der Waals surface area contributed by atoms with Crippen LogP contribution < -0.4 is 4.74 Å². The van der Waals surface area contributed by atoms with Crippen LogP contribution >= 0.6 is 0 Å². The highest BCUT2D eigenvalue weighted by Crippen LogP contribution is 2.19. The molecule has 3 rings (SSSR count). The van der Waals surface area contributed by atoms with Crippen LogP contribution in [-0.2, 0) is 11.3 Å². The quantitative estimate of drug-likeness (QED) is 0.607. The molecule has 4 heteroatoms. The molecule has 1 N–H and O–H groups in total. The minimum Gasteiger partial charge on any atom is -0.491 e. The van der Waals surface area contributed by atoms with Gasteiger partial charge in [-0.25, -0.2) is 0 Å². The van der Waals surface area contributed by atoms with Crippen LogP contribution in [0.1, 0.15) is 54.9 Å². The van der Waals surface area contributed by atoms with Gasteiger partial charge in [0, 0.05) is 26.2 Å². The smallest absolute Gasteiger partial charge is 0.119 e. The highest BCUT2D eigenvalue weighted by atomic mass is 16.5. The first-order valence-electron chi connectivity index (χ1n) is 11.2. The zero-order valence-electron chi connectivity index (χ0n) is 18.9. The summed E-state index contributed by atoms with van der Waals surface area (Å²) in [6, 6.07) is 14.9. The van der Waals surface area contributed by atoms with E-state index in [9.17, 15) is 5.11 Å². The van der Waals surface area contributed by atoms with Crippen LogP contribution in [-0.4, -0.2) is 48.5 Å². The number of aliphatic hydroxyl groups excluding tert-OH is 1. The highest BCUT2D eigenvalue weighted by molar-refractivity contribution is 5.33. The van der Waals surface area contributed by atoms with Crippen molar-refractivity contribution in [3.63, 3.8) is 0 Å². The number of hydrogen-bond acceptors (Lipinski definition) is 4. The third-order valence-electron chi connectivity index (χ3n) is 5.93. The lowest BCUT2D eigenvalue weighted by Gasteiger charge is -2.27. The van der Waals surface area contributed by atoms with Crippen LogP contribution in [0.15, 0.2) is 42.5 Å². The predicted molar refractivity (Wildman–Crippen MR) is 122 cm³/mol. The summed E-state index contributed by atoms with van der Waals surface area (Å²) in [6.45, 7) is 11.9. The molecule has 0 bridgehead atoms. The number of aliphatic hydroxyl groups is 1. The van der Waals surface area contributed by atoms with Crippen molar-refractivity contribution in [1.29, 1.82) is 0 Å². The molecule has 1 saturated heterocycles. The molecule has 2 atom stereocenters. The SMILES string of the molecule is Cc1ccc(OCC(O)CN(Cc2ccc(C(C)C)cc2)CC2CCCO2)cc1C. The van der Waals surface area contributed by atoms with Gasteiger partial charge < -0.3 is 14.6 Å². The van der Waals surface area contributed by atoms with Crippen molar-refractivity contribution in [3.8, 4) is 5.75 Å². The molecule has 2 aromatic carbocycles. The van der Waals surface area contributed by atoms with Crippen molar-refractivity contribution in [2.75, 3.05) is 26.3 Å². The van der Waals surface area contributed by atoms with Crippen molar-refractivity contribution in [1.82, 2.24) is 4.90 Å². The maximum absolute atomic E-state index is 10.7. The Morgan fingerprint density at radius 2 is 1.87 bits per heavy atom. The summed E-state index contributed by atoms with van der Waals surface area (Å²) in [5.41, 5.74) is 5.06. The van der Waals surface area contributed by atoms with E-state index in [-0.39, 0.29) is 12.7 Å². The fraction of sp³-hybridized carbons (Fsp3) is 0.538. The molecule has 0 amide bonds. The molecule has 0 aromatic heterocycles. The lowest BCUT2D eigenvalue weighted by atomic mass is 10.0. The summed E-state index contributed by atoms with van der Waals surface area (Å²) in [7, 11) is 0. The van der Waals surface area contributed by atoms with Gasteiger partial charge in [0.15, 0.2) is 0 Å². The first kappa shape index (κ1) is 22.8. The van der Waals surface area contributed by atoms with Crippen LogP contribution in [0.2, 0.25) is 0 Å². The van der Waals surface area contributed by atoms with E-state index in [1.54, 1.807) is 0 Å². The molecule has 2 aromatic rings. The topological polar surface area (TPSA) is 41.9 Å². The van der Waals surface area contributed by atoms with Crippen LogP contribution in [0, 0.1) is 13.8 Å². The summed E-state index contributed by atoms with van der Waals surface area (Å²) in [5, 5.41) is 10.7. The Morgan fingerprint density at radius 1 is 1.10 bits per heavy atom. The van der Waals surface area contributed by atoms with Crippen LogP contribution in [0.4, 0.5) is 0 Å². The highest BCUT2D eigenvalue weighted by Gasteiger charge is 2.21. The first-order chi connectivity index (χ1) is 14.4. The molecule has 0 spiro atoms. The Bertz CT molecular complexity index is 781. The number of hydrogen-bond donors (Lipinski definition) is 1. The Kier molecular flexibility index (Phi) is 8.32. The fourth-order valence-corrected chi connectivity index (χ4v) is 3.89.